The lowest BCUT2D eigenvalue weighted by Crippen LogP contribution is -2.10. The Hall–Kier alpha value is -1.77. The van der Waals surface area contributed by atoms with E-state index in [1.165, 1.54) is 6.92 Å². The summed E-state index contributed by atoms with van der Waals surface area (Å²) in [5.41, 5.74) is 0.298. The summed E-state index contributed by atoms with van der Waals surface area (Å²) in [7, 11) is 0. The number of carbonyl (C=O) groups excluding carboxylic acids is 2. The molecule has 0 unspecified atom stereocenters. The van der Waals surface area contributed by atoms with Gasteiger partial charge in [0.05, 0.1) is 6.61 Å². The molecule has 8 nitrogen and oxygen atoms in total. The van der Waals surface area contributed by atoms with Crippen molar-refractivity contribution in [2.45, 2.75) is 86.0 Å². The molecule has 27 heavy (non-hydrogen) atoms. The van der Waals surface area contributed by atoms with Crippen LogP contribution in [0.25, 0.3) is 0 Å². The average molecular weight is 395 g/mol. The van der Waals surface area contributed by atoms with Gasteiger partial charge in [-0.1, -0.05) is 6.58 Å². The third-order valence-electron chi connectivity index (χ3n) is 1.53. The minimum absolute atomic E-state index is 0.107. The number of hydrogen-bond donors (Lipinski definition) is 4. The molecule has 0 saturated carbocycles. The molecule has 0 rings (SSSR count). The number of carbonyl (C=O) groups is 3. The number of rotatable bonds is 7. The van der Waals surface area contributed by atoms with Gasteiger partial charge in [-0.25, -0.2) is 4.79 Å². The number of carboxylic acid groups (broad SMARTS) is 1. The molecule has 162 valence electrons. The normalized spacial score (nSPS) is 9.22. The molecule has 0 heterocycles. The zero-order chi connectivity index (χ0) is 22.6. The summed E-state index contributed by atoms with van der Waals surface area (Å²) < 4.78 is 4.72. The highest BCUT2D eigenvalue weighted by atomic mass is 16.5. The first-order valence-corrected chi connectivity index (χ1v) is 8.73. The second kappa shape index (κ2) is 22.3. The van der Waals surface area contributed by atoms with Crippen LogP contribution in [-0.2, 0) is 19.1 Å². The second-order valence-corrected chi connectivity index (χ2v) is 6.41. The molecule has 0 aliphatic rings. The van der Waals surface area contributed by atoms with Crippen molar-refractivity contribution in [2.75, 3.05) is 6.61 Å². The maximum absolute atomic E-state index is 10.9. The Bertz CT molecular complexity index is 378. The highest BCUT2D eigenvalue weighted by Crippen LogP contribution is 1.98. The first-order chi connectivity index (χ1) is 12.1. The van der Waals surface area contributed by atoms with Crippen molar-refractivity contribution >= 4 is 17.7 Å². The maximum atomic E-state index is 10.9. The highest BCUT2D eigenvalue weighted by molar-refractivity contribution is 5.94. The second-order valence-electron chi connectivity index (χ2n) is 6.41. The maximum Gasteiger partial charge on any atom is 0.333 e. The topological polar surface area (TPSA) is 141 Å². The Morgan fingerprint density at radius 3 is 1.48 bits per heavy atom. The minimum atomic E-state index is -1.14. The molecule has 4 N–H and O–H groups in total. The summed E-state index contributed by atoms with van der Waals surface area (Å²) in [6.07, 6.45) is -0.532. The van der Waals surface area contributed by atoms with Crippen LogP contribution in [0.4, 0.5) is 0 Å². The lowest BCUT2D eigenvalue weighted by molar-refractivity contribution is -0.142. The molecule has 0 aromatic rings. The zero-order valence-corrected chi connectivity index (χ0v) is 17.7. The first-order valence-electron chi connectivity index (χ1n) is 8.73. The van der Waals surface area contributed by atoms with Gasteiger partial charge >= 0.3 is 11.9 Å². The van der Waals surface area contributed by atoms with Crippen LogP contribution in [0.2, 0.25) is 0 Å². The molecule has 8 heteroatoms. The van der Waals surface area contributed by atoms with Crippen LogP contribution in [0, 0.1) is 0 Å². The summed E-state index contributed by atoms with van der Waals surface area (Å²) >= 11 is 0. The van der Waals surface area contributed by atoms with Gasteiger partial charge in [0.1, 0.15) is 12.2 Å². The molecule has 0 saturated heterocycles. The van der Waals surface area contributed by atoms with E-state index in [2.05, 4.69) is 6.58 Å². The van der Waals surface area contributed by atoms with Gasteiger partial charge in [-0.2, -0.15) is 0 Å². The van der Waals surface area contributed by atoms with Crippen molar-refractivity contribution in [3.8, 4) is 0 Å². The van der Waals surface area contributed by atoms with Crippen molar-refractivity contribution < 1.29 is 39.5 Å². The fourth-order valence-corrected chi connectivity index (χ4v) is 0.814. The van der Waals surface area contributed by atoms with Crippen LogP contribution in [0.3, 0.4) is 0 Å². The Balaban J connectivity index is -0.000000179. The van der Waals surface area contributed by atoms with E-state index >= 15 is 0 Å². The zero-order valence-electron chi connectivity index (χ0n) is 17.7. The summed E-state index contributed by atoms with van der Waals surface area (Å²) in [5.74, 6) is -2.01. The van der Waals surface area contributed by atoms with E-state index in [9.17, 15) is 14.4 Å². The number of aliphatic hydroxyl groups is 3. The van der Waals surface area contributed by atoms with Crippen molar-refractivity contribution in [1.29, 1.82) is 0 Å². The lowest BCUT2D eigenvalue weighted by atomic mass is 10.2. The Morgan fingerprint density at radius 1 is 0.889 bits per heavy atom. The van der Waals surface area contributed by atoms with Crippen molar-refractivity contribution in [1.82, 2.24) is 0 Å². The summed E-state index contributed by atoms with van der Waals surface area (Å²) in [4.78, 5) is 31.9. The van der Waals surface area contributed by atoms with E-state index in [0.29, 0.717) is 12.0 Å². The van der Waals surface area contributed by atoms with Crippen LogP contribution >= 0.6 is 0 Å². The summed E-state index contributed by atoms with van der Waals surface area (Å²) in [6.45, 7) is 15.4. The average Bonchev–Trinajstić information content (AvgIpc) is 2.40. The molecule has 0 aliphatic heterocycles. The number of esters is 1. The SMILES string of the molecule is C=C(C)C(=O)OCCCC(=O)CC(=O)O.CC(C)O.CC(C)O.CC(C)O. The highest BCUT2D eigenvalue weighted by Gasteiger charge is 2.08. The number of aliphatic carboxylic acids is 1. The number of ether oxygens (including phenoxy) is 1. The molecule has 0 bridgehead atoms. The number of ketones is 1. The quantitative estimate of drug-likeness (QED) is 0.223. The van der Waals surface area contributed by atoms with Gasteiger partial charge in [-0.05, 0) is 54.9 Å². The van der Waals surface area contributed by atoms with Crippen LogP contribution in [0.1, 0.15) is 67.7 Å². The monoisotopic (exact) mass is 394 g/mol. The number of carboxylic acids is 1. The molecule has 0 aromatic heterocycles. The molecule has 0 atom stereocenters. The van der Waals surface area contributed by atoms with Crippen molar-refractivity contribution in [3.05, 3.63) is 12.2 Å². The van der Waals surface area contributed by atoms with Gasteiger partial charge in [0.25, 0.3) is 0 Å². The Kier molecular flexibility index (Phi) is 27.1. The predicted molar refractivity (Wildman–Crippen MR) is 104 cm³/mol. The predicted octanol–water partition coefficient (Wildman–Crippen LogP) is 2.09. The molecular weight excluding hydrogens is 356 g/mol. The third kappa shape index (κ3) is 68.4. The number of hydrogen-bond acceptors (Lipinski definition) is 7. The van der Waals surface area contributed by atoms with E-state index in [1.807, 2.05) is 0 Å². The van der Waals surface area contributed by atoms with Gasteiger partial charge in [0, 0.05) is 30.3 Å². The molecule has 0 radical (unpaired) electrons. The molecule has 0 amide bonds. The van der Waals surface area contributed by atoms with Gasteiger partial charge in [-0.3, -0.25) is 9.59 Å². The minimum Gasteiger partial charge on any atom is -0.481 e. The summed E-state index contributed by atoms with van der Waals surface area (Å²) in [5, 5.41) is 32.5. The molecule has 0 aromatic carbocycles. The first kappa shape index (κ1) is 32.9. The van der Waals surface area contributed by atoms with Crippen molar-refractivity contribution in [3.63, 3.8) is 0 Å². The van der Waals surface area contributed by atoms with Gasteiger partial charge in [0.15, 0.2) is 0 Å². The molecule has 0 fully saturated rings. The van der Waals surface area contributed by atoms with E-state index < -0.39 is 18.4 Å². The van der Waals surface area contributed by atoms with Gasteiger partial charge < -0.3 is 25.2 Å². The molecule has 0 aliphatic carbocycles. The molecular formula is C19H38O8. The molecule has 0 spiro atoms. The van der Waals surface area contributed by atoms with E-state index in [-0.39, 0.29) is 37.1 Å². The van der Waals surface area contributed by atoms with E-state index in [1.54, 1.807) is 41.5 Å². The lowest BCUT2D eigenvalue weighted by Gasteiger charge is -2.02. The fraction of sp³-hybridized carbons (Fsp3) is 0.737. The Morgan fingerprint density at radius 2 is 1.22 bits per heavy atom. The van der Waals surface area contributed by atoms with Gasteiger partial charge in [-0.15, -0.1) is 0 Å². The standard InChI is InChI=1S/C10H14O5.3C3H8O/c1-7(2)10(14)15-5-3-4-8(11)6-9(12)13;3*1-3(2)4/h1,3-6H2,2H3,(H,12,13);3*3-4H,1-2H3. The smallest absolute Gasteiger partial charge is 0.333 e. The summed E-state index contributed by atoms with van der Waals surface area (Å²) in [6, 6.07) is 0. The van der Waals surface area contributed by atoms with Crippen molar-refractivity contribution in [2.24, 2.45) is 0 Å². The third-order valence-corrected chi connectivity index (χ3v) is 1.53. The largest absolute Gasteiger partial charge is 0.481 e. The van der Waals surface area contributed by atoms with Crippen LogP contribution < -0.4 is 0 Å². The van der Waals surface area contributed by atoms with Crippen LogP contribution in [0.15, 0.2) is 12.2 Å². The van der Waals surface area contributed by atoms with E-state index in [0.717, 1.165) is 0 Å². The fourth-order valence-electron chi connectivity index (χ4n) is 0.814. The van der Waals surface area contributed by atoms with E-state index in [4.69, 9.17) is 25.2 Å². The van der Waals surface area contributed by atoms with Crippen LogP contribution in [0.5, 0.6) is 0 Å². The Labute approximate surface area is 162 Å². The number of aliphatic hydroxyl groups excluding tert-OH is 3. The van der Waals surface area contributed by atoms with Gasteiger partial charge in [0.2, 0.25) is 0 Å². The van der Waals surface area contributed by atoms with Crippen LogP contribution in [-0.4, -0.2) is 63.1 Å². The number of Topliss-reactive ketones (excluding diaryl/α,β-unsaturated/α-hetero) is 1.